The first kappa shape index (κ1) is 7.74. The molecule has 0 saturated carbocycles. The first-order valence-electron chi connectivity index (χ1n) is 4.21. The third-order valence-corrected chi connectivity index (χ3v) is 2.81. The van der Waals surface area contributed by atoms with Crippen LogP contribution in [0.2, 0.25) is 0 Å². The molecule has 2 aliphatic rings. The molecule has 0 aromatic carbocycles. The molecule has 2 heteroatoms. The first-order chi connectivity index (χ1) is 5.74. The van der Waals surface area contributed by atoms with E-state index in [1.807, 2.05) is 6.92 Å². The third kappa shape index (κ3) is 0.879. The highest BCUT2D eigenvalue weighted by atomic mass is 16.5. The predicted octanol–water partition coefficient (Wildman–Crippen LogP) is 1.48. The average molecular weight is 164 g/mol. The lowest BCUT2D eigenvalue weighted by Crippen LogP contribution is -2.12. The summed E-state index contributed by atoms with van der Waals surface area (Å²) in [5.74, 6) is 0.583. The van der Waals surface area contributed by atoms with Gasteiger partial charge in [-0.1, -0.05) is 6.08 Å². The van der Waals surface area contributed by atoms with Crippen molar-refractivity contribution >= 4 is 5.78 Å². The lowest BCUT2D eigenvalue weighted by atomic mass is 9.98. The molecule has 0 aromatic rings. The van der Waals surface area contributed by atoms with E-state index in [-0.39, 0.29) is 11.9 Å². The monoisotopic (exact) mass is 164 g/mol. The second-order valence-electron chi connectivity index (χ2n) is 3.40. The van der Waals surface area contributed by atoms with E-state index >= 15 is 0 Å². The molecule has 2 rings (SSSR count). The van der Waals surface area contributed by atoms with Gasteiger partial charge in [0.25, 0.3) is 0 Å². The van der Waals surface area contributed by atoms with Crippen LogP contribution in [0, 0.1) is 5.92 Å². The number of ether oxygens (including phenoxy) is 1. The maximum Gasteiger partial charge on any atom is 0.159 e. The maximum atomic E-state index is 11.3. The molecule has 1 aliphatic heterocycles. The number of carbonyl (C=O) groups is 1. The molecule has 1 heterocycles. The summed E-state index contributed by atoms with van der Waals surface area (Å²) in [6, 6.07) is 0. The fraction of sp³-hybridized carbons (Fsp3) is 0.500. The zero-order chi connectivity index (χ0) is 8.72. The normalized spacial score (nSPS) is 34.2. The molecule has 0 bridgehead atoms. The molecular formula is C10H12O2. The minimum Gasteiger partial charge on any atom is -0.369 e. The molecule has 1 saturated heterocycles. The van der Waals surface area contributed by atoms with Crippen molar-refractivity contribution in [1.29, 1.82) is 0 Å². The average Bonchev–Trinajstić information content (AvgIpc) is 2.55. The highest BCUT2D eigenvalue weighted by Gasteiger charge is 2.39. The number of hydrogen-bond donors (Lipinski definition) is 0. The summed E-state index contributed by atoms with van der Waals surface area (Å²) >= 11 is 0. The van der Waals surface area contributed by atoms with Gasteiger partial charge in [0, 0.05) is 12.3 Å². The number of allylic oxidation sites excluding steroid dienone is 1. The van der Waals surface area contributed by atoms with E-state index in [0.29, 0.717) is 18.9 Å². The van der Waals surface area contributed by atoms with Crippen molar-refractivity contribution in [3.05, 3.63) is 23.8 Å². The van der Waals surface area contributed by atoms with Crippen molar-refractivity contribution < 1.29 is 9.53 Å². The quantitative estimate of drug-likeness (QED) is 0.549. The second kappa shape index (κ2) is 2.56. The van der Waals surface area contributed by atoms with Crippen LogP contribution in [-0.2, 0) is 9.53 Å². The number of fused-ring (bicyclic) bond motifs is 1. The van der Waals surface area contributed by atoms with E-state index in [1.54, 1.807) is 6.08 Å². The Morgan fingerprint density at radius 1 is 1.67 bits per heavy atom. The summed E-state index contributed by atoms with van der Waals surface area (Å²) in [4.78, 5) is 11.3. The van der Waals surface area contributed by atoms with Gasteiger partial charge in [0.2, 0.25) is 0 Å². The molecule has 0 spiro atoms. The van der Waals surface area contributed by atoms with Crippen LogP contribution in [0.3, 0.4) is 0 Å². The van der Waals surface area contributed by atoms with Crippen molar-refractivity contribution in [2.45, 2.75) is 19.4 Å². The SMILES string of the molecule is C=C[C@@H]1OCC2=C(C)C(=O)C[C@@H]21. The topological polar surface area (TPSA) is 26.3 Å². The zero-order valence-corrected chi connectivity index (χ0v) is 7.17. The summed E-state index contributed by atoms with van der Waals surface area (Å²) in [6.45, 7) is 6.21. The highest BCUT2D eigenvalue weighted by molar-refractivity contribution is 5.99. The number of rotatable bonds is 1. The van der Waals surface area contributed by atoms with Gasteiger partial charge in [-0.25, -0.2) is 0 Å². The van der Waals surface area contributed by atoms with Gasteiger partial charge in [-0.3, -0.25) is 4.79 Å². The standard InChI is InChI=1S/C10H12O2/c1-3-10-7-4-9(11)6(2)8(7)5-12-10/h3,7,10H,1,4-5H2,2H3/t7-,10-/m0/s1. The number of hydrogen-bond acceptors (Lipinski definition) is 2. The van der Waals surface area contributed by atoms with Gasteiger partial charge in [0.05, 0.1) is 12.7 Å². The molecule has 64 valence electrons. The summed E-state index contributed by atoms with van der Waals surface area (Å²) < 4.78 is 5.46. The number of Topliss-reactive ketones (excluding diaryl/α,β-unsaturated/α-hetero) is 1. The molecule has 0 N–H and O–H groups in total. The van der Waals surface area contributed by atoms with Crippen LogP contribution in [0.15, 0.2) is 23.8 Å². The van der Waals surface area contributed by atoms with E-state index in [2.05, 4.69) is 6.58 Å². The highest BCUT2D eigenvalue weighted by Crippen LogP contribution is 2.38. The molecule has 12 heavy (non-hydrogen) atoms. The fourth-order valence-electron chi connectivity index (χ4n) is 2.00. The van der Waals surface area contributed by atoms with Crippen LogP contribution < -0.4 is 0 Å². The van der Waals surface area contributed by atoms with Gasteiger partial charge in [0.15, 0.2) is 5.78 Å². The Bertz CT molecular complexity index is 276. The van der Waals surface area contributed by atoms with Crippen LogP contribution in [0.1, 0.15) is 13.3 Å². The van der Waals surface area contributed by atoms with Crippen molar-refractivity contribution in [2.75, 3.05) is 6.61 Å². The van der Waals surface area contributed by atoms with E-state index in [0.717, 1.165) is 5.57 Å². The Kier molecular flexibility index (Phi) is 1.65. The molecule has 1 aliphatic carbocycles. The lowest BCUT2D eigenvalue weighted by Gasteiger charge is -2.08. The van der Waals surface area contributed by atoms with E-state index in [4.69, 9.17) is 4.74 Å². The Hall–Kier alpha value is -0.890. The Morgan fingerprint density at radius 2 is 2.42 bits per heavy atom. The van der Waals surface area contributed by atoms with Crippen molar-refractivity contribution in [1.82, 2.24) is 0 Å². The van der Waals surface area contributed by atoms with Gasteiger partial charge < -0.3 is 4.74 Å². The van der Waals surface area contributed by atoms with Gasteiger partial charge in [0.1, 0.15) is 0 Å². The Balaban J connectivity index is 2.33. The molecule has 0 unspecified atom stereocenters. The van der Waals surface area contributed by atoms with Gasteiger partial charge in [-0.2, -0.15) is 0 Å². The van der Waals surface area contributed by atoms with Crippen molar-refractivity contribution in [3.8, 4) is 0 Å². The number of carbonyl (C=O) groups excluding carboxylic acids is 1. The maximum absolute atomic E-state index is 11.3. The molecule has 0 aromatic heterocycles. The summed E-state index contributed by atoms with van der Waals surface area (Å²) in [5, 5.41) is 0. The van der Waals surface area contributed by atoms with E-state index < -0.39 is 0 Å². The Morgan fingerprint density at radius 3 is 3.08 bits per heavy atom. The van der Waals surface area contributed by atoms with Gasteiger partial charge >= 0.3 is 0 Å². The molecule has 2 nitrogen and oxygen atoms in total. The smallest absolute Gasteiger partial charge is 0.159 e. The fourth-order valence-corrected chi connectivity index (χ4v) is 2.00. The number of ketones is 1. The van der Waals surface area contributed by atoms with Crippen LogP contribution in [0.4, 0.5) is 0 Å². The van der Waals surface area contributed by atoms with Crippen LogP contribution in [-0.4, -0.2) is 18.5 Å². The zero-order valence-electron chi connectivity index (χ0n) is 7.17. The first-order valence-corrected chi connectivity index (χ1v) is 4.21. The van der Waals surface area contributed by atoms with Crippen molar-refractivity contribution in [2.24, 2.45) is 5.92 Å². The Labute approximate surface area is 71.9 Å². The van der Waals surface area contributed by atoms with E-state index in [9.17, 15) is 4.79 Å². The third-order valence-electron chi connectivity index (χ3n) is 2.81. The lowest BCUT2D eigenvalue weighted by molar-refractivity contribution is -0.115. The predicted molar refractivity (Wildman–Crippen MR) is 45.8 cm³/mol. The van der Waals surface area contributed by atoms with Gasteiger partial charge in [-0.15, -0.1) is 6.58 Å². The van der Waals surface area contributed by atoms with Gasteiger partial charge in [-0.05, 0) is 18.1 Å². The molecule has 0 amide bonds. The van der Waals surface area contributed by atoms with Crippen LogP contribution in [0.25, 0.3) is 0 Å². The molecular weight excluding hydrogens is 152 g/mol. The minimum absolute atomic E-state index is 0.0707. The summed E-state index contributed by atoms with van der Waals surface area (Å²) in [6.07, 6.45) is 2.49. The van der Waals surface area contributed by atoms with Crippen LogP contribution >= 0.6 is 0 Å². The van der Waals surface area contributed by atoms with Crippen LogP contribution in [0.5, 0.6) is 0 Å². The van der Waals surface area contributed by atoms with Crippen molar-refractivity contribution in [3.63, 3.8) is 0 Å². The summed E-state index contributed by atoms with van der Waals surface area (Å²) in [7, 11) is 0. The molecule has 0 radical (unpaired) electrons. The molecule has 1 fully saturated rings. The second-order valence-corrected chi connectivity index (χ2v) is 3.40. The minimum atomic E-state index is 0.0707. The molecule has 2 atom stereocenters. The van der Waals surface area contributed by atoms with E-state index in [1.165, 1.54) is 5.57 Å². The largest absolute Gasteiger partial charge is 0.369 e. The summed E-state index contributed by atoms with van der Waals surface area (Å²) in [5.41, 5.74) is 2.12.